The van der Waals surface area contributed by atoms with Gasteiger partial charge in [0.25, 0.3) is 5.92 Å². The van der Waals surface area contributed by atoms with Gasteiger partial charge in [0.15, 0.2) is 17.9 Å². The molecule has 0 amide bonds. The van der Waals surface area contributed by atoms with E-state index in [1.807, 2.05) is 0 Å². The van der Waals surface area contributed by atoms with Crippen molar-refractivity contribution in [3.63, 3.8) is 0 Å². The molecule has 0 radical (unpaired) electrons. The molecule has 27 heavy (non-hydrogen) atoms. The van der Waals surface area contributed by atoms with E-state index < -0.39 is 29.9 Å². The molecule has 0 aromatic heterocycles. The predicted octanol–water partition coefficient (Wildman–Crippen LogP) is 5.74. The molecule has 0 N–H and O–H groups in total. The van der Waals surface area contributed by atoms with E-state index in [4.69, 9.17) is 9.47 Å². The van der Waals surface area contributed by atoms with Crippen molar-refractivity contribution in [2.75, 3.05) is 13.2 Å². The highest BCUT2D eigenvalue weighted by molar-refractivity contribution is 5.19. The normalized spacial score (nSPS) is 29.7. The van der Waals surface area contributed by atoms with Crippen molar-refractivity contribution in [1.29, 1.82) is 0 Å². The highest BCUT2D eigenvalue weighted by Gasteiger charge is 2.43. The molecule has 6 heteroatoms. The van der Waals surface area contributed by atoms with Gasteiger partial charge in [0, 0.05) is 24.2 Å². The van der Waals surface area contributed by atoms with Gasteiger partial charge in [-0.25, -0.2) is 17.6 Å². The van der Waals surface area contributed by atoms with E-state index >= 15 is 0 Å². The van der Waals surface area contributed by atoms with Gasteiger partial charge < -0.3 is 9.47 Å². The lowest BCUT2D eigenvalue weighted by molar-refractivity contribution is -0.232. The number of ether oxygens (including phenoxy) is 2. The monoisotopic (exact) mass is 388 g/mol. The molecule has 2 nitrogen and oxygen atoms in total. The molecule has 1 aromatic rings. The standard InChI is InChI=1S/C21H28F4O2/c1-2-3-15-12-26-20(27-13-15)16-5-7-17(8-6-16)21(24,25)11-14-4-9-18(22)19(23)10-14/h4,9-10,15-17,20H,2-3,5-8,11-13H2,1H3. The molecular weight excluding hydrogens is 360 g/mol. The van der Waals surface area contributed by atoms with Crippen LogP contribution in [0.15, 0.2) is 18.2 Å². The maximum absolute atomic E-state index is 14.7. The molecule has 1 saturated heterocycles. The van der Waals surface area contributed by atoms with Crippen LogP contribution in [0, 0.1) is 29.4 Å². The Morgan fingerprint density at radius 1 is 1.00 bits per heavy atom. The Kier molecular flexibility index (Phi) is 6.79. The van der Waals surface area contributed by atoms with Gasteiger partial charge in [-0.2, -0.15) is 0 Å². The Morgan fingerprint density at radius 3 is 2.26 bits per heavy atom. The molecule has 3 rings (SSSR count). The van der Waals surface area contributed by atoms with Crippen molar-refractivity contribution >= 4 is 0 Å². The summed E-state index contributed by atoms with van der Waals surface area (Å²) in [5, 5.41) is 0. The molecule has 1 aliphatic carbocycles. The number of halogens is 4. The van der Waals surface area contributed by atoms with Crippen LogP contribution in [-0.4, -0.2) is 25.4 Å². The summed E-state index contributed by atoms with van der Waals surface area (Å²) in [5.74, 6) is -5.20. The Bertz CT molecular complexity index is 606. The number of benzene rings is 1. The van der Waals surface area contributed by atoms with Gasteiger partial charge >= 0.3 is 0 Å². The van der Waals surface area contributed by atoms with Gasteiger partial charge in [-0.05, 0) is 49.8 Å². The van der Waals surface area contributed by atoms with Crippen molar-refractivity contribution in [3.05, 3.63) is 35.4 Å². The zero-order chi connectivity index (χ0) is 19.4. The lowest BCUT2D eigenvalue weighted by Gasteiger charge is -2.39. The van der Waals surface area contributed by atoms with Gasteiger partial charge in [0.1, 0.15) is 0 Å². The third kappa shape index (κ3) is 5.23. The molecule has 2 aliphatic rings. The van der Waals surface area contributed by atoms with Crippen LogP contribution in [0.5, 0.6) is 0 Å². The van der Waals surface area contributed by atoms with E-state index in [0.717, 1.165) is 25.0 Å². The van der Waals surface area contributed by atoms with Crippen molar-refractivity contribution in [2.45, 2.75) is 64.1 Å². The number of alkyl halides is 2. The van der Waals surface area contributed by atoms with Gasteiger partial charge in [0.2, 0.25) is 0 Å². The highest BCUT2D eigenvalue weighted by atomic mass is 19.3. The average molecular weight is 388 g/mol. The molecule has 0 unspecified atom stereocenters. The minimum Gasteiger partial charge on any atom is -0.352 e. The van der Waals surface area contributed by atoms with E-state index in [1.54, 1.807) is 0 Å². The molecule has 0 spiro atoms. The molecular formula is C21H28F4O2. The summed E-state index contributed by atoms with van der Waals surface area (Å²) in [5.41, 5.74) is 0.127. The number of hydrogen-bond donors (Lipinski definition) is 0. The maximum atomic E-state index is 14.7. The largest absolute Gasteiger partial charge is 0.352 e. The maximum Gasteiger partial charge on any atom is 0.254 e. The minimum atomic E-state index is -2.93. The van der Waals surface area contributed by atoms with Gasteiger partial charge in [-0.15, -0.1) is 0 Å². The quantitative estimate of drug-likeness (QED) is 0.579. The van der Waals surface area contributed by atoms with Crippen LogP contribution in [0.3, 0.4) is 0 Å². The number of rotatable bonds is 6. The van der Waals surface area contributed by atoms with Crippen LogP contribution in [0.25, 0.3) is 0 Å². The lowest BCUT2D eigenvalue weighted by Crippen LogP contribution is -2.41. The Morgan fingerprint density at radius 2 is 1.67 bits per heavy atom. The molecule has 1 saturated carbocycles. The Balaban J connectivity index is 1.50. The Hall–Kier alpha value is -1.14. The molecule has 1 aliphatic heterocycles. The van der Waals surface area contributed by atoms with Crippen molar-refractivity contribution in [3.8, 4) is 0 Å². The molecule has 1 aromatic carbocycles. The summed E-state index contributed by atoms with van der Waals surface area (Å²) < 4.78 is 67.3. The average Bonchev–Trinajstić information content (AvgIpc) is 2.66. The van der Waals surface area contributed by atoms with Crippen LogP contribution in [0.2, 0.25) is 0 Å². The Labute approximate surface area is 158 Å². The van der Waals surface area contributed by atoms with Crippen LogP contribution in [0.4, 0.5) is 17.6 Å². The summed E-state index contributed by atoms with van der Waals surface area (Å²) >= 11 is 0. The molecule has 0 bridgehead atoms. The fraction of sp³-hybridized carbons (Fsp3) is 0.714. The van der Waals surface area contributed by atoms with Crippen LogP contribution < -0.4 is 0 Å². The summed E-state index contributed by atoms with van der Waals surface area (Å²) in [6, 6.07) is 3.00. The number of hydrogen-bond acceptors (Lipinski definition) is 2. The fourth-order valence-corrected chi connectivity index (χ4v) is 4.28. The van der Waals surface area contributed by atoms with Crippen molar-refractivity contribution in [1.82, 2.24) is 0 Å². The smallest absolute Gasteiger partial charge is 0.254 e. The zero-order valence-corrected chi connectivity index (χ0v) is 15.7. The summed E-state index contributed by atoms with van der Waals surface area (Å²) in [4.78, 5) is 0. The summed E-state index contributed by atoms with van der Waals surface area (Å²) in [7, 11) is 0. The van der Waals surface area contributed by atoms with E-state index in [1.165, 1.54) is 6.07 Å². The van der Waals surface area contributed by atoms with E-state index in [9.17, 15) is 17.6 Å². The first kappa shape index (κ1) is 20.6. The second-order valence-corrected chi connectivity index (χ2v) is 7.99. The second kappa shape index (κ2) is 8.91. The molecule has 1 heterocycles. The van der Waals surface area contributed by atoms with Gasteiger partial charge in [-0.3, -0.25) is 0 Å². The van der Waals surface area contributed by atoms with Gasteiger partial charge in [0.05, 0.1) is 13.2 Å². The third-order valence-electron chi connectivity index (χ3n) is 5.87. The third-order valence-corrected chi connectivity index (χ3v) is 5.87. The SMILES string of the molecule is CCCC1COC(C2CCC(C(F)(F)Cc3ccc(F)c(F)c3)CC2)OC1. The van der Waals surface area contributed by atoms with Crippen LogP contribution >= 0.6 is 0 Å². The fourth-order valence-electron chi connectivity index (χ4n) is 4.28. The first-order valence-electron chi connectivity index (χ1n) is 9.94. The predicted molar refractivity (Wildman–Crippen MR) is 94.5 cm³/mol. The second-order valence-electron chi connectivity index (χ2n) is 7.99. The van der Waals surface area contributed by atoms with Gasteiger partial charge in [-0.1, -0.05) is 19.4 Å². The van der Waals surface area contributed by atoms with E-state index in [2.05, 4.69) is 6.92 Å². The van der Waals surface area contributed by atoms with Crippen molar-refractivity contribution < 1.29 is 27.0 Å². The van der Waals surface area contributed by atoms with Crippen LogP contribution in [-0.2, 0) is 15.9 Å². The summed E-state index contributed by atoms with van der Waals surface area (Å²) in [6.07, 6.45) is 3.40. The lowest BCUT2D eigenvalue weighted by atomic mass is 9.77. The zero-order valence-electron chi connectivity index (χ0n) is 15.7. The minimum absolute atomic E-state index is 0.127. The molecule has 2 fully saturated rings. The molecule has 0 atom stereocenters. The highest BCUT2D eigenvalue weighted by Crippen LogP contribution is 2.42. The molecule has 152 valence electrons. The van der Waals surface area contributed by atoms with Crippen LogP contribution in [0.1, 0.15) is 51.0 Å². The van der Waals surface area contributed by atoms with E-state index in [-0.39, 0.29) is 17.8 Å². The van der Waals surface area contributed by atoms with Crippen molar-refractivity contribution in [2.24, 2.45) is 17.8 Å². The first-order valence-corrected chi connectivity index (χ1v) is 9.94. The summed E-state index contributed by atoms with van der Waals surface area (Å²) in [6.45, 7) is 3.50. The first-order chi connectivity index (χ1) is 12.9. The topological polar surface area (TPSA) is 18.5 Å². The van der Waals surface area contributed by atoms with E-state index in [0.29, 0.717) is 44.8 Å².